The number of carbonyl (C=O) groups excluding carboxylic acids is 1. The molecule has 2 rings (SSSR count). The maximum absolute atomic E-state index is 12.2. The Hall–Kier alpha value is -0.0300. The summed E-state index contributed by atoms with van der Waals surface area (Å²) in [6, 6.07) is 0. The fourth-order valence-corrected chi connectivity index (χ4v) is 3.30. The van der Waals surface area contributed by atoms with Gasteiger partial charge in [0.05, 0.1) is 0 Å². The Balaban J connectivity index is 0.00000180. The van der Waals surface area contributed by atoms with Crippen molar-refractivity contribution in [3.8, 4) is 0 Å². The van der Waals surface area contributed by atoms with Crippen LogP contribution in [-0.2, 0) is 4.79 Å². The van der Waals surface area contributed by atoms with Crippen molar-refractivity contribution in [1.82, 2.24) is 15.5 Å². The van der Waals surface area contributed by atoms with Gasteiger partial charge in [-0.15, -0.1) is 24.8 Å². The first-order valence-electron chi connectivity index (χ1n) is 7.30. The number of nitrogens with zero attached hydrogens (tertiary/aromatic N) is 1. The zero-order chi connectivity index (χ0) is 13.0. The summed E-state index contributed by atoms with van der Waals surface area (Å²) in [5.74, 6) is 0.497. The summed E-state index contributed by atoms with van der Waals surface area (Å²) in [6.07, 6.45) is 6.99. The van der Waals surface area contributed by atoms with Crippen LogP contribution in [0.2, 0.25) is 0 Å². The maximum Gasteiger partial charge on any atom is 0.223 e. The molecule has 1 saturated carbocycles. The molecule has 1 saturated heterocycles. The molecule has 1 heterocycles. The third kappa shape index (κ3) is 4.76. The predicted molar refractivity (Wildman–Crippen MR) is 88.0 cm³/mol. The van der Waals surface area contributed by atoms with E-state index in [1.54, 1.807) is 0 Å². The van der Waals surface area contributed by atoms with Crippen LogP contribution in [0.1, 0.15) is 38.5 Å². The van der Waals surface area contributed by atoms with Crippen LogP contribution in [0, 0.1) is 5.92 Å². The van der Waals surface area contributed by atoms with Crippen molar-refractivity contribution in [2.24, 2.45) is 5.92 Å². The quantitative estimate of drug-likeness (QED) is 0.828. The van der Waals surface area contributed by atoms with Crippen LogP contribution < -0.4 is 10.6 Å². The second-order valence-corrected chi connectivity index (χ2v) is 6.07. The summed E-state index contributed by atoms with van der Waals surface area (Å²) in [4.78, 5) is 14.5. The average molecular weight is 326 g/mol. The Morgan fingerprint density at radius 1 is 1.20 bits per heavy atom. The monoisotopic (exact) mass is 325 g/mol. The van der Waals surface area contributed by atoms with E-state index in [0.29, 0.717) is 0 Å². The molecule has 0 atom stereocenters. The fourth-order valence-electron chi connectivity index (χ4n) is 3.30. The lowest BCUT2D eigenvalue weighted by Gasteiger charge is -2.37. The number of halogens is 2. The number of rotatable bonds is 4. The third-order valence-electron chi connectivity index (χ3n) is 4.78. The lowest BCUT2D eigenvalue weighted by Crippen LogP contribution is -2.52. The van der Waals surface area contributed by atoms with Crippen molar-refractivity contribution < 1.29 is 4.79 Å². The van der Waals surface area contributed by atoms with Gasteiger partial charge in [-0.05, 0) is 52.9 Å². The van der Waals surface area contributed by atoms with Gasteiger partial charge in [-0.2, -0.15) is 0 Å². The van der Waals surface area contributed by atoms with Gasteiger partial charge in [-0.25, -0.2) is 0 Å². The zero-order valence-electron chi connectivity index (χ0n) is 12.6. The van der Waals surface area contributed by atoms with Crippen molar-refractivity contribution in [1.29, 1.82) is 0 Å². The molecule has 120 valence electrons. The highest BCUT2D eigenvalue weighted by Crippen LogP contribution is 2.33. The summed E-state index contributed by atoms with van der Waals surface area (Å²) >= 11 is 0. The number of nitrogens with one attached hydrogen (secondary N) is 2. The van der Waals surface area contributed by atoms with Gasteiger partial charge in [0.2, 0.25) is 5.91 Å². The lowest BCUT2D eigenvalue weighted by molar-refractivity contribution is -0.126. The van der Waals surface area contributed by atoms with E-state index in [0.717, 1.165) is 32.5 Å². The van der Waals surface area contributed by atoms with E-state index in [1.807, 2.05) is 0 Å². The van der Waals surface area contributed by atoms with Crippen molar-refractivity contribution in [2.75, 3.05) is 33.7 Å². The summed E-state index contributed by atoms with van der Waals surface area (Å²) in [5.41, 5.74) is 0.211. The number of amides is 1. The number of hydrogen-bond acceptors (Lipinski definition) is 3. The first kappa shape index (κ1) is 20.0. The van der Waals surface area contributed by atoms with Crippen molar-refractivity contribution in [3.05, 3.63) is 0 Å². The number of carbonyl (C=O) groups is 1. The van der Waals surface area contributed by atoms with Crippen molar-refractivity contribution in [3.63, 3.8) is 0 Å². The van der Waals surface area contributed by atoms with Gasteiger partial charge < -0.3 is 15.5 Å². The number of piperidine rings is 1. The second-order valence-electron chi connectivity index (χ2n) is 6.07. The largest absolute Gasteiger partial charge is 0.354 e. The predicted octanol–water partition coefficient (Wildman–Crippen LogP) is 1.82. The highest BCUT2D eigenvalue weighted by atomic mass is 35.5. The van der Waals surface area contributed by atoms with E-state index in [-0.39, 0.29) is 42.2 Å². The molecule has 20 heavy (non-hydrogen) atoms. The Bertz CT molecular complexity index is 288. The summed E-state index contributed by atoms with van der Waals surface area (Å²) in [6.45, 7) is 2.79. The molecule has 0 bridgehead atoms. The molecule has 0 aromatic rings. The molecule has 0 unspecified atom stereocenters. The van der Waals surface area contributed by atoms with Gasteiger partial charge in [0.25, 0.3) is 0 Å². The molecule has 6 heteroatoms. The SMILES string of the molecule is CN(C)C1(CNC(=O)C2CCNCC2)CCCC1.Cl.Cl. The highest BCUT2D eigenvalue weighted by Gasteiger charge is 2.36. The Kier molecular flexibility index (Phi) is 9.07. The molecule has 1 aliphatic carbocycles. The minimum atomic E-state index is 0. The molecule has 2 N–H and O–H groups in total. The Morgan fingerprint density at radius 2 is 1.75 bits per heavy atom. The second kappa shape index (κ2) is 9.08. The molecule has 4 nitrogen and oxygen atoms in total. The first-order chi connectivity index (χ1) is 8.64. The van der Waals surface area contributed by atoms with Crippen LogP contribution in [0.5, 0.6) is 0 Å². The van der Waals surface area contributed by atoms with Crippen molar-refractivity contribution >= 4 is 30.7 Å². The molecule has 1 amide bonds. The van der Waals surface area contributed by atoms with Crippen LogP contribution in [0.15, 0.2) is 0 Å². The van der Waals surface area contributed by atoms with E-state index in [9.17, 15) is 4.79 Å². The highest BCUT2D eigenvalue weighted by molar-refractivity contribution is 5.85. The maximum atomic E-state index is 12.2. The van der Waals surface area contributed by atoms with Gasteiger partial charge in [0.15, 0.2) is 0 Å². The molecular weight excluding hydrogens is 297 g/mol. The molecule has 0 spiro atoms. The van der Waals surface area contributed by atoms with E-state index in [2.05, 4.69) is 29.6 Å². The fraction of sp³-hybridized carbons (Fsp3) is 0.929. The minimum absolute atomic E-state index is 0. The normalized spacial score (nSPS) is 21.9. The van der Waals surface area contributed by atoms with Gasteiger partial charge in [-0.3, -0.25) is 4.79 Å². The topological polar surface area (TPSA) is 44.4 Å². The van der Waals surface area contributed by atoms with E-state index in [4.69, 9.17) is 0 Å². The van der Waals surface area contributed by atoms with E-state index >= 15 is 0 Å². The van der Waals surface area contributed by atoms with Crippen LogP contribution in [0.25, 0.3) is 0 Å². The molecule has 0 aromatic carbocycles. The summed E-state index contributed by atoms with van der Waals surface area (Å²) in [5, 5.41) is 6.51. The van der Waals surface area contributed by atoms with Crippen LogP contribution in [-0.4, -0.2) is 50.1 Å². The summed E-state index contributed by atoms with van der Waals surface area (Å²) in [7, 11) is 4.28. The average Bonchev–Trinajstić information content (AvgIpc) is 2.87. The standard InChI is InChI=1S/C14H27N3O.2ClH/c1-17(2)14(7-3-4-8-14)11-16-13(18)12-5-9-15-10-6-12;;/h12,15H,3-11H2,1-2H3,(H,16,18);2*1H. The van der Waals surface area contributed by atoms with E-state index in [1.165, 1.54) is 25.7 Å². The molecule has 2 aliphatic rings. The third-order valence-corrected chi connectivity index (χ3v) is 4.78. The van der Waals surface area contributed by atoms with Gasteiger partial charge in [0, 0.05) is 18.0 Å². The van der Waals surface area contributed by atoms with E-state index < -0.39 is 0 Å². The Morgan fingerprint density at radius 3 is 2.25 bits per heavy atom. The first-order valence-corrected chi connectivity index (χ1v) is 7.30. The van der Waals surface area contributed by atoms with Gasteiger partial charge >= 0.3 is 0 Å². The number of likely N-dealkylation sites (N-methyl/N-ethyl adjacent to an activating group) is 1. The summed E-state index contributed by atoms with van der Waals surface area (Å²) < 4.78 is 0. The van der Waals surface area contributed by atoms with Crippen LogP contribution >= 0.6 is 24.8 Å². The Labute approximate surface area is 135 Å². The lowest BCUT2D eigenvalue weighted by atomic mass is 9.94. The van der Waals surface area contributed by atoms with Crippen molar-refractivity contribution in [2.45, 2.75) is 44.1 Å². The van der Waals surface area contributed by atoms with Crippen LogP contribution in [0.4, 0.5) is 0 Å². The number of hydrogen-bond donors (Lipinski definition) is 2. The molecule has 1 aliphatic heterocycles. The molecular formula is C14H29Cl2N3O. The van der Waals surface area contributed by atoms with Crippen LogP contribution in [0.3, 0.4) is 0 Å². The molecule has 0 aromatic heterocycles. The zero-order valence-corrected chi connectivity index (χ0v) is 14.2. The minimum Gasteiger partial charge on any atom is -0.354 e. The molecule has 0 radical (unpaired) electrons. The molecule has 2 fully saturated rings. The van der Waals surface area contributed by atoms with Gasteiger partial charge in [0.1, 0.15) is 0 Å². The smallest absolute Gasteiger partial charge is 0.223 e. The van der Waals surface area contributed by atoms with Gasteiger partial charge in [-0.1, -0.05) is 12.8 Å².